The quantitative estimate of drug-likeness (QED) is 0.808. The number of nitrogen functional groups attached to an aromatic ring is 1. The highest BCUT2D eigenvalue weighted by atomic mass is 35.5. The van der Waals surface area contributed by atoms with E-state index < -0.39 is 10.0 Å². The van der Waals surface area contributed by atoms with Crippen LogP contribution in [-0.2, 0) is 10.0 Å². The van der Waals surface area contributed by atoms with Crippen LogP contribution < -0.4 is 10.5 Å². The van der Waals surface area contributed by atoms with Crippen LogP contribution in [0.15, 0.2) is 17.0 Å². The van der Waals surface area contributed by atoms with Gasteiger partial charge in [-0.25, -0.2) is 13.1 Å². The second-order valence-corrected chi connectivity index (χ2v) is 6.95. The molecule has 0 bridgehead atoms. The van der Waals surface area contributed by atoms with Crippen molar-refractivity contribution in [3.8, 4) is 0 Å². The van der Waals surface area contributed by atoms with Gasteiger partial charge in [0.25, 0.3) is 0 Å². The van der Waals surface area contributed by atoms with E-state index >= 15 is 0 Å². The first-order valence-corrected chi connectivity index (χ1v) is 7.73. The lowest BCUT2D eigenvalue weighted by molar-refractivity contribution is 0.314. The number of halogens is 1. The van der Waals surface area contributed by atoms with Crippen molar-refractivity contribution in [3.63, 3.8) is 0 Å². The number of nitrogens with one attached hydrogen (secondary N) is 1. The molecule has 0 saturated carbocycles. The summed E-state index contributed by atoms with van der Waals surface area (Å²) in [6.07, 6.45) is 0. The van der Waals surface area contributed by atoms with Gasteiger partial charge in [0, 0.05) is 18.3 Å². The molecule has 0 amide bonds. The molecule has 0 aliphatic heterocycles. The first-order chi connectivity index (χ1) is 8.65. The second-order valence-electron chi connectivity index (χ2n) is 4.80. The fourth-order valence-corrected chi connectivity index (χ4v) is 3.10. The number of nitrogens with zero attached hydrogens (tertiary/aromatic N) is 1. The lowest BCUT2D eigenvalue weighted by Gasteiger charge is -2.20. The largest absolute Gasteiger partial charge is 0.398 e. The highest BCUT2D eigenvalue weighted by Gasteiger charge is 2.20. The zero-order valence-electron chi connectivity index (χ0n) is 11.6. The van der Waals surface area contributed by atoms with Gasteiger partial charge in [0.2, 0.25) is 10.0 Å². The van der Waals surface area contributed by atoms with Gasteiger partial charge in [0.15, 0.2) is 0 Å². The Morgan fingerprint density at radius 2 is 2.00 bits per heavy atom. The summed E-state index contributed by atoms with van der Waals surface area (Å²) in [5.74, 6) is 0. The van der Waals surface area contributed by atoms with Crippen molar-refractivity contribution in [1.82, 2.24) is 9.62 Å². The number of anilines is 1. The zero-order valence-corrected chi connectivity index (χ0v) is 13.1. The summed E-state index contributed by atoms with van der Waals surface area (Å²) in [5.41, 5.74) is 6.89. The third-order valence-electron chi connectivity index (χ3n) is 3.06. The molecule has 0 heterocycles. The minimum atomic E-state index is -3.65. The minimum Gasteiger partial charge on any atom is -0.398 e. The van der Waals surface area contributed by atoms with Crippen LogP contribution >= 0.6 is 11.6 Å². The smallest absolute Gasteiger partial charge is 0.242 e. The molecule has 0 aliphatic carbocycles. The normalized spacial score (nSPS) is 13.8. The Bertz CT molecular complexity index is 558. The van der Waals surface area contributed by atoms with Gasteiger partial charge in [-0.3, -0.25) is 0 Å². The standard InChI is InChI=1S/C12H20ClN3O2S/c1-8-5-10(13)12(6-11(8)14)19(17,18)15-7-9(2)16(3)4/h5-6,9,15H,7,14H2,1-4H3. The molecule has 0 radical (unpaired) electrons. The predicted octanol–water partition coefficient (Wildman–Crippen LogP) is 1.46. The number of nitrogens with two attached hydrogens (primary N) is 1. The summed E-state index contributed by atoms with van der Waals surface area (Å²) in [4.78, 5) is 1.94. The minimum absolute atomic E-state index is 0.0169. The number of likely N-dealkylation sites (N-methyl/N-ethyl adjacent to an activating group) is 1. The molecular weight excluding hydrogens is 286 g/mol. The molecule has 3 N–H and O–H groups in total. The molecular formula is C12H20ClN3O2S. The molecule has 0 spiro atoms. The highest BCUT2D eigenvalue weighted by molar-refractivity contribution is 7.89. The number of hydrogen-bond donors (Lipinski definition) is 2. The Balaban J connectivity index is 2.98. The molecule has 5 nitrogen and oxygen atoms in total. The number of rotatable bonds is 5. The predicted molar refractivity (Wildman–Crippen MR) is 78.9 cm³/mol. The average Bonchev–Trinajstić information content (AvgIpc) is 2.30. The summed E-state index contributed by atoms with van der Waals surface area (Å²) in [6.45, 7) is 4.01. The topological polar surface area (TPSA) is 75.4 Å². The first-order valence-electron chi connectivity index (χ1n) is 5.87. The van der Waals surface area contributed by atoms with Gasteiger partial charge in [0.05, 0.1) is 5.02 Å². The van der Waals surface area contributed by atoms with Crippen LogP contribution in [-0.4, -0.2) is 40.0 Å². The number of aryl methyl sites for hydroxylation is 1. The molecule has 1 atom stereocenters. The van der Waals surface area contributed by atoms with E-state index in [0.29, 0.717) is 12.2 Å². The Labute approximate surface area is 119 Å². The lowest BCUT2D eigenvalue weighted by atomic mass is 10.2. The average molecular weight is 306 g/mol. The lowest BCUT2D eigenvalue weighted by Crippen LogP contribution is -2.38. The molecule has 19 heavy (non-hydrogen) atoms. The SMILES string of the molecule is Cc1cc(Cl)c(S(=O)(=O)NCC(C)N(C)C)cc1N. The monoisotopic (exact) mass is 305 g/mol. The molecule has 1 aromatic carbocycles. The maximum absolute atomic E-state index is 12.2. The highest BCUT2D eigenvalue weighted by Crippen LogP contribution is 2.26. The van der Waals surface area contributed by atoms with Crippen molar-refractivity contribution in [2.45, 2.75) is 24.8 Å². The summed E-state index contributed by atoms with van der Waals surface area (Å²) in [6, 6.07) is 3.03. The van der Waals surface area contributed by atoms with Crippen LogP contribution in [0.4, 0.5) is 5.69 Å². The Kier molecular flexibility index (Phi) is 5.20. The third-order valence-corrected chi connectivity index (χ3v) is 4.95. The number of hydrogen-bond acceptors (Lipinski definition) is 4. The van der Waals surface area contributed by atoms with Crippen LogP contribution in [0.5, 0.6) is 0 Å². The molecule has 0 fully saturated rings. The fraction of sp³-hybridized carbons (Fsp3) is 0.500. The van der Waals surface area contributed by atoms with Crippen LogP contribution in [0.1, 0.15) is 12.5 Å². The van der Waals surface area contributed by atoms with Crippen molar-refractivity contribution < 1.29 is 8.42 Å². The molecule has 1 unspecified atom stereocenters. The van der Waals surface area contributed by atoms with Crippen LogP contribution in [0.2, 0.25) is 5.02 Å². The summed E-state index contributed by atoms with van der Waals surface area (Å²) in [5, 5.41) is 0.178. The zero-order chi connectivity index (χ0) is 14.8. The van der Waals surface area contributed by atoms with E-state index in [4.69, 9.17) is 17.3 Å². The summed E-state index contributed by atoms with van der Waals surface area (Å²) >= 11 is 5.98. The first kappa shape index (κ1) is 16.2. The van der Waals surface area contributed by atoms with Gasteiger partial charge in [-0.05, 0) is 45.6 Å². The Morgan fingerprint density at radius 1 is 1.42 bits per heavy atom. The number of benzene rings is 1. The van der Waals surface area contributed by atoms with Crippen molar-refractivity contribution >= 4 is 27.3 Å². The van der Waals surface area contributed by atoms with Crippen LogP contribution in [0, 0.1) is 6.92 Å². The van der Waals surface area contributed by atoms with Gasteiger partial charge in [-0.1, -0.05) is 11.6 Å². The molecule has 0 aliphatic rings. The molecule has 0 aromatic heterocycles. The molecule has 1 aromatic rings. The molecule has 1 rings (SSSR count). The van der Waals surface area contributed by atoms with E-state index in [2.05, 4.69) is 4.72 Å². The van der Waals surface area contributed by atoms with Crippen LogP contribution in [0.3, 0.4) is 0 Å². The van der Waals surface area contributed by atoms with Crippen molar-refractivity contribution in [3.05, 3.63) is 22.7 Å². The van der Waals surface area contributed by atoms with E-state index in [-0.39, 0.29) is 16.0 Å². The van der Waals surface area contributed by atoms with Crippen LogP contribution in [0.25, 0.3) is 0 Å². The summed E-state index contributed by atoms with van der Waals surface area (Å²) < 4.78 is 26.9. The second kappa shape index (κ2) is 6.09. The molecule has 7 heteroatoms. The van der Waals surface area contributed by atoms with E-state index in [1.807, 2.05) is 25.9 Å². The number of sulfonamides is 1. The summed E-state index contributed by atoms with van der Waals surface area (Å²) in [7, 11) is 0.122. The van der Waals surface area contributed by atoms with Gasteiger partial charge in [-0.2, -0.15) is 0 Å². The molecule has 0 saturated heterocycles. The Morgan fingerprint density at radius 3 is 2.53 bits per heavy atom. The maximum atomic E-state index is 12.2. The van der Waals surface area contributed by atoms with Gasteiger partial charge in [0.1, 0.15) is 4.90 Å². The van der Waals surface area contributed by atoms with E-state index in [1.54, 1.807) is 13.0 Å². The van der Waals surface area contributed by atoms with Crippen molar-refractivity contribution in [2.24, 2.45) is 0 Å². The Hall–Kier alpha value is -0.820. The maximum Gasteiger partial charge on any atom is 0.242 e. The van der Waals surface area contributed by atoms with Gasteiger partial charge < -0.3 is 10.6 Å². The van der Waals surface area contributed by atoms with Crippen molar-refractivity contribution in [1.29, 1.82) is 0 Å². The third kappa shape index (κ3) is 4.07. The van der Waals surface area contributed by atoms with E-state index in [1.165, 1.54) is 6.07 Å². The fourth-order valence-electron chi connectivity index (χ4n) is 1.37. The van der Waals surface area contributed by atoms with Gasteiger partial charge >= 0.3 is 0 Å². The molecule has 108 valence electrons. The van der Waals surface area contributed by atoms with E-state index in [0.717, 1.165) is 5.56 Å². The van der Waals surface area contributed by atoms with E-state index in [9.17, 15) is 8.42 Å². The van der Waals surface area contributed by atoms with Crippen molar-refractivity contribution in [2.75, 3.05) is 26.4 Å². The van der Waals surface area contributed by atoms with Gasteiger partial charge in [-0.15, -0.1) is 0 Å².